The van der Waals surface area contributed by atoms with Crippen molar-refractivity contribution < 1.29 is 0 Å². The Morgan fingerprint density at radius 1 is 0.514 bits per heavy atom. The zero-order chi connectivity index (χ0) is 27.1. The van der Waals surface area contributed by atoms with Gasteiger partial charge in [-0.3, -0.25) is 0 Å². The van der Waals surface area contributed by atoms with Crippen molar-refractivity contribution in [3.8, 4) is 0 Å². The molecule has 3 nitrogen and oxygen atoms in total. The van der Waals surface area contributed by atoms with Gasteiger partial charge < -0.3 is 14.7 Å². The number of rotatable bonds is 12. The first-order chi connectivity index (χ1) is 17.8. The van der Waals surface area contributed by atoms with Crippen molar-refractivity contribution in [1.29, 1.82) is 0 Å². The molecule has 3 rings (SSSR count). The fourth-order valence-electron chi connectivity index (χ4n) is 5.49. The highest BCUT2D eigenvalue weighted by Crippen LogP contribution is 2.42. The van der Waals surface area contributed by atoms with Crippen molar-refractivity contribution in [2.45, 2.75) is 61.3 Å². The Morgan fingerprint density at radius 2 is 0.865 bits per heavy atom. The molecular formula is C33H46ClN3. The Hall–Kier alpha value is -2.65. The number of halogens is 1. The second kappa shape index (κ2) is 13.2. The maximum atomic E-state index is 7.15. The quantitative estimate of drug-likeness (QED) is 0.221. The van der Waals surface area contributed by atoms with Crippen LogP contribution in [0.4, 0.5) is 17.1 Å². The Labute approximate surface area is 231 Å². The van der Waals surface area contributed by atoms with Crippen LogP contribution in [0.2, 0.25) is 5.02 Å². The van der Waals surface area contributed by atoms with Gasteiger partial charge in [-0.1, -0.05) is 29.8 Å². The second-order valence-corrected chi connectivity index (χ2v) is 10.1. The number of aryl methyl sites for hydroxylation is 2. The lowest BCUT2D eigenvalue weighted by molar-refractivity contribution is 0.853. The van der Waals surface area contributed by atoms with Gasteiger partial charge in [-0.05, 0) is 120 Å². The molecule has 0 spiro atoms. The van der Waals surface area contributed by atoms with E-state index in [1.807, 2.05) is 0 Å². The summed E-state index contributed by atoms with van der Waals surface area (Å²) in [6.45, 7) is 23.6. The van der Waals surface area contributed by atoms with Gasteiger partial charge in [0.1, 0.15) is 0 Å². The molecule has 200 valence electrons. The number of hydrogen-bond donors (Lipinski definition) is 0. The smallest absolute Gasteiger partial charge is 0.0468 e. The van der Waals surface area contributed by atoms with E-state index in [0.29, 0.717) is 0 Å². The molecule has 3 aromatic carbocycles. The molecule has 0 aromatic heterocycles. The summed E-state index contributed by atoms with van der Waals surface area (Å²) in [5.41, 5.74) is 10.1. The van der Waals surface area contributed by atoms with E-state index < -0.39 is 0 Å². The average molecular weight is 520 g/mol. The molecule has 0 aliphatic carbocycles. The molecule has 0 saturated carbocycles. The minimum absolute atomic E-state index is 0.0456. The molecule has 0 heterocycles. The average Bonchev–Trinajstić information content (AvgIpc) is 2.90. The fourth-order valence-corrected chi connectivity index (χ4v) is 5.77. The minimum Gasteiger partial charge on any atom is -0.372 e. The lowest BCUT2D eigenvalue weighted by Crippen LogP contribution is -2.23. The maximum absolute atomic E-state index is 7.15. The van der Waals surface area contributed by atoms with Crippen molar-refractivity contribution in [3.05, 3.63) is 87.4 Å². The lowest BCUT2D eigenvalue weighted by Gasteiger charge is -2.29. The molecule has 0 fully saturated rings. The minimum atomic E-state index is 0.0456. The van der Waals surface area contributed by atoms with Crippen LogP contribution >= 0.6 is 11.6 Å². The zero-order valence-electron chi connectivity index (χ0n) is 24.2. The van der Waals surface area contributed by atoms with Gasteiger partial charge >= 0.3 is 0 Å². The fraction of sp³-hybridized carbons (Fsp3) is 0.455. The Bertz CT molecular complexity index is 1100. The van der Waals surface area contributed by atoms with E-state index in [1.165, 1.54) is 39.3 Å². The summed E-state index contributed by atoms with van der Waals surface area (Å²) < 4.78 is 0. The molecular weight excluding hydrogens is 474 g/mol. The summed E-state index contributed by atoms with van der Waals surface area (Å²) >= 11 is 7.15. The van der Waals surface area contributed by atoms with Gasteiger partial charge in [0.25, 0.3) is 0 Å². The molecule has 37 heavy (non-hydrogen) atoms. The topological polar surface area (TPSA) is 9.72 Å². The summed E-state index contributed by atoms with van der Waals surface area (Å²) in [5, 5.41) is 0.828. The first kappa shape index (κ1) is 28.9. The number of anilines is 3. The third-order valence-electron chi connectivity index (χ3n) is 7.83. The SMILES string of the molecule is CCN(CC)c1ccc(C(c2cc(N(CC)CC)ccc2C)c2cc(N(CC)CC)ccc2C)c(Cl)c1. The third kappa shape index (κ3) is 6.26. The first-order valence-electron chi connectivity index (χ1n) is 14.1. The van der Waals surface area contributed by atoms with Gasteiger partial charge in [0, 0.05) is 67.3 Å². The molecule has 0 bridgehead atoms. The standard InChI is InChI=1S/C33H46ClN3/c1-9-35(10-2)26-17-15-24(7)30(21-26)33(29-20-19-28(23-32(29)34)37(13-5)14-6)31-22-27(18-16-25(31)8)36(11-3)12-4/h15-23,33H,9-14H2,1-8H3. The molecule has 0 radical (unpaired) electrons. The Morgan fingerprint density at radius 3 is 1.22 bits per heavy atom. The lowest BCUT2D eigenvalue weighted by atomic mass is 9.80. The van der Waals surface area contributed by atoms with Gasteiger partial charge in [-0.15, -0.1) is 0 Å². The van der Waals surface area contributed by atoms with E-state index in [1.54, 1.807) is 0 Å². The Balaban J connectivity index is 2.30. The zero-order valence-corrected chi connectivity index (χ0v) is 25.0. The predicted molar refractivity (Wildman–Crippen MR) is 165 cm³/mol. The molecule has 0 aliphatic heterocycles. The summed E-state index contributed by atoms with van der Waals surface area (Å²) in [6, 6.07) is 20.5. The van der Waals surface area contributed by atoms with Crippen LogP contribution in [0.3, 0.4) is 0 Å². The van der Waals surface area contributed by atoms with Crippen molar-refractivity contribution in [2.24, 2.45) is 0 Å². The predicted octanol–water partition coefficient (Wildman–Crippen LogP) is 8.68. The van der Waals surface area contributed by atoms with Gasteiger partial charge in [0.05, 0.1) is 0 Å². The van der Waals surface area contributed by atoms with E-state index in [-0.39, 0.29) is 5.92 Å². The monoisotopic (exact) mass is 519 g/mol. The second-order valence-electron chi connectivity index (χ2n) is 9.74. The van der Waals surface area contributed by atoms with E-state index in [2.05, 4.69) is 125 Å². The van der Waals surface area contributed by atoms with E-state index in [0.717, 1.165) is 49.9 Å². The molecule has 0 amide bonds. The van der Waals surface area contributed by atoms with Gasteiger partial charge in [-0.25, -0.2) is 0 Å². The van der Waals surface area contributed by atoms with Crippen molar-refractivity contribution in [1.82, 2.24) is 0 Å². The van der Waals surface area contributed by atoms with Crippen molar-refractivity contribution >= 4 is 28.7 Å². The van der Waals surface area contributed by atoms with E-state index >= 15 is 0 Å². The van der Waals surface area contributed by atoms with Crippen LogP contribution < -0.4 is 14.7 Å². The number of hydrogen-bond acceptors (Lipinski definition) is 3. The summed E-state index contributed by atoms with van der Waals surface area (Å²) in [5.74, 6) is 0.0456. The van der Waals surface area contributed by atoms with Crippen LogP contribution in [0.5, 0.6) is 0 Å². The number of nitrogens with zero attached hydrogens (tertiary/aromatic N) is 3. The molecule has 0 unspecified atom stereocenters. The molecule has 0 atom stereocenters. The maximum Gasteiger partial charge on any atom is 0.0468 e. The van der Waals surface area contributed by atoms with Crippen LogP contribution in [-0.2, 0) is 0 Å². The van der Waals surface area contributed by atoms with Gasteiger partial charge in [0.2, 0.25) is 0 Å². The Kier molecular flexibility index (Phi) is 10.3. The largest absolute Gasteiger partial charge is 0.372 e. The van der Waals surface area contributed by atoms with Crippen molar-refractivity contribution in [3.63, 3.8) is 0 Å². The van der Waals surface area contributed by atoms with Crippen LogP contribution in [-0.4, -0.2) is 39.3 Å². The summed E-state index contributed by atoms with van der Waals surface area (Å²) in [7, 11) is 0. The summed E-state index contributed by atoms with van der Waals surface area (Å²) in [6.07, 6.45) is 0. The first-order valence-corrected chi connectivity index (χ1v) is 14.5. The molecule has 4 heteroatoms. The third-order valence-corrected chi connectivity index (χ3v) is 8.16. The molecule has 0 N–H and O–H groups in total. The molecule has 3 aromatic rings. The van der Waals surface area contributed by atoms with Gasteiger partial charge in [-0.2, -0.15) is 0 Å². The van der Waals surface area contributed by atoms with Crippen LogP contribution in [0.1, 0.15) is 75.3 Å². The normalized spacial score (nSPS) is 11.2. The highest BCUT2D eigenvalue weighted by atomic mass is 35.5. The molecule has 0 saturated heterocycles. The van der Waals surface area contributed by atoms with E-state index in [9.17, 15) is 0 Å². The van der Waals surface area contributed by atoms with Gasteiger partial charge in [0.15, 0.2) is 0 Å². The van der Waals surface area contributed by atoms with E-state index in [4.69, 9.17) is 11.6 Å². The summed E-state index contributed by atoms with van der Waals surface area (Å²) in [4.78, 5) is 7.19. The van der Waals surface area contributed by atoms with Crippen molar-refractivity contribution in [2.75, 3.05) is 54.0 Å². The van der Waals surface area contributed by atoms with Crippen LogP contribution in [0.25, 0.3) is 0 Å². The highest BCUT2D eigenvalue weighted by Gasteiger charge is 2.25. The van der Waals surface area contributed by atoms with Crippen LogP contribution in [0, 0.1) is 13.8 Å². The van der Waals surface area contributed by atoms with Crippen LogP contribution in [0.15, 0.2) is 54.6 Å². The number of benzene rings is 3. The highest BCUT2D eigenvalue weighted by molar-refractivity contribution is 6.31. The molecule has 0 aliphatic rings.